The van der Waals surface area contributed by atoms with E-state index in [2.05, 4.69) is 15.6 Å². The molecular weight excluding hydrogens is 320 g/mol. The Morgan fingerprint density at radius 2 is 2.00 bits per heavy atom. The van der Waals surface area contributed by atoms with Crippen LogP contribution in [0.4, 0.5) is 8.78 Å². The second kappa shape index (κ2) is 7.16. The molecule has 0 aliphatic carbocycles. The summed E-state index contributed by atoms with van der Waals surface area (Å²) < 4.78 is 27.5. The van der Waals surface area contributed by atoms with Crippen LogP contribution in [0.3, 0.4) is 0 Å². The van der Waals surface area contributed by atoms with Gasteiger partial charge < -0.3 is 10.2 Å². The number of hydrogen-bond acceptors (Lipinski definition) is 4. The molecule has 9 heteroatoms. The van der Waals surface area contributed by atoms with Crippen molar-refractivity contribution in [3.05, 3.63) is 41.2 Å². The van der Waals surface area contributed by atoms with Gasteiger partial charge in [0.2, 0.25) is 5.91 Å². The van der Waals surface area contributed by atoms with Crippen LogP contribution in [0.25, 0.3) is 5.69 Å². The monoisotopic (exact) mass is 337 g/mol. The number of halogens is 2. The van der Waals surface area contributed by atoms with Gasteiger partial charge in [0.05, 0.1) is 17.9 Å². The Kier molecular flexibility index (Phi) is 5.22. The van der Waals surface area contributed by atoms with Gasteiger partial charge in [-0.3, -0.25) is 9.59 Å². The van der Waals surface area contributed by atoms with E-state index in [0.717, 1.165) is 12.1 Å². The summed E-state index contributed by atoms with van der Waals surface area (Å²) in [6, 6.07) is 3.24. The molecule has 0 saturated carbocycles. The highest BCUT2D eigenvalue weighted by molar-refractivity contribution is 5.95. The Bertz CT molecular complexity index is 775. The highest BCUT2D eigenvalue weighted by Crippen LogP contribution is 2.15. The van der Waals surface area contributed by atoms with Gasteiger partial charge in [0.15, 0.2) is 17.3 Å². The Hall–Kier alpha value is -2.84. The molecule has 24 heavy (non-hydrogen) atoms. The molecular formula is C15H17F2N5O2. The van der Waals surface area contributed by atoms with Crippen LogP contribution < -0.4 is 5.32 Å². The molecule has 0 bridgehead atoms. The zero-order chi connectivity index (χ0) is 17.9. The normalized spacial score (nSPS) is 10.5. The minimum Gasteiger partial charge on any atom is -0.345 e. The van der Waals surface area contributed by atoms with E-state index in [9.17, 15) is 18.4 Å². The van der Waals surface area contributed by atoms with Crippen molar-refractivity contribution in [2.75, 3.05) is 20.1 Å². The van der Waals surface area contributed by atoms with Crippen LogP contribution in [0.5, 0.6) is 0 Å². The van der Waals surface area contributed by atoms with Crippen molar-refractivity contribution < 1.29 is 18.4 Å². The largest absolute Gasteiger partial charge is 0.345 e. The molecule has 2 rings (SSSR count). The molecule has 7 nitrogen and oxygen atoms in total. The molecule has 0 aliphatic rings. The number of nitrogens with zero attached hydrogens (tertiary/aromatic N) is 4. The quantitative estimate of drug-likeness (QED) is 0.885. The first-order valence-corrected chi connectivity index (χ1v) is 7.25. The van der Waals surface area contributed by atoms with Crippen molar-refractivity contribution in [3.8, 4) is 5.69 Å². The molecule has 0 atom stereocenters. The number of benzene rings is 1. The second-order valence-corrected chi connectivity index (χ2v) is 5.12. The van der Waals surface area contributed by atoms with Crippen molar-refractivity contribution in [1.82, 2.24) is 25.2 Å². The average Bonchev–Trinajstić information content (AvgIpc) is 2.95. The van der Waals surface area contributed by atoms with E-state index >= 15 is 0 Å². The molecule has 1 aromatic carbocycles. The van der Waals surface area contributed by atoms with Crippen LogP contribution in [-0.4, -0.2) is 51.8 Å². The van der Waals surface area contributed by atoms with Gasteiger partial charge in [-0.2, -0.15) is 0 Å². The third-order valence-corrected chi connectivity index (χ3v) is 3.56. The molecule has 128 valence electrons. The maximum Gasteiger partial charge on any atom is 0.274 e. The molecule has 1 heterocycles. The van der Waals surface area contributed by atoms with Crippen LogP contribution in [0, 0.1) is 18.6 Å². The molecule has 0 spiro atoms. The highest BCUT2D eigenvalue weighted by Gasteiger charge is 2.19. The molecule has 0 aliphatic heterocycles. The first kappa shape index (κ1) is 17.5. The minimum atomic E-state index is -1.03. The van der Waals surface area contributed by atoms with Gasteiger partial charge in [0.25, 0.3) is 5.91 Å². The van der Waals surface area contributed by atoms with Gasteiger partial charge in [0.1, 0.15) is 0 Å². The molecule has 1 N–H and O–H groups in total. The van der Waals surface area contributed by atoms with E-state index in [1.54, 1.807) is 14.0 Å². The number of nitrogens with one attached hydrogen (secondary N) is 1. The zero-order valence-corrected chi connectivity index (χ0v) is 13.5. The standard InChI is InChI=1S/C15H17F2N5O2/c1-4-21(3)13(23)8-18-15(24)14-9(2)22(20-19-14)10-5-6-11(16)12(17)7-10/h5-7H,4,8H2,1-3H3,(H,18,24). The topological polar surface area (TPSA) is 80.1 Å². The lowest BCUT2D eigenvalue weighted by Gasteiger charge is -2.14. The lowest BCUT2D eigenvalue weighted by molar-refractivity contribution is -0.128. The molecule has 0 saturated heterocycles. The highest BCUT2D eigenvalue weighted by atomic mass is 19.2. The maximum atomic E-state index is 13.3. The smallest absolute Gasteiger partial charge is 0.274 e. The summed E-state index contributed by atoms with van der Waals surface area (Å²) in [5.41, 5.74) is 0.584. The fraction of sp³-hybridized carbons (Fsp3) is 0.333. The lowest BCUT2D eigenvalue weighted by Crippen LogP contribution is -2.38. The summed E-state index contributed by atoms with van der Waals surface area (Å²) in [6.45, 7) is 3.74. The number of aromatic nitrogens is 3. The second-order valence-electron chi connectivity index (χ2n) is 5.12. The van der Waals surface area contributed by atoms with E-state index in [1.165, 1.54) is 15.6 Å². The molecule has 0 unspecified atom stereocenters. The van der Waals surface area contributed by atoms with E-state index in [4.69, 9.17) is 0 Å². The van der Waals surface area contributed by atoms with Crippen LogP contribution in [0.1, 0.15) is 23.1 Å². The van der Waals surface area contributed by atoms with Gasteiger partial charge >= 0.3 is 0 Å². The first-order valence-electron chi connectivity index (χ1n) is 7.25. The first-order chi connectivity index (χ1) is 11.3. The SMILES string of the molecule is CCN(C)C(=O)CNC(=O)c1nnn(-c2ccc(F)c(F)c2)c1C. The van der Waals surface area contributed by atoms with Gasteiger partial charge in [-0.25, -0.2) is 13.5 Å². The predicted octanol–water partition coefficient (Wildman–Crippen LogP) is 1.06. The van der Waals surface area contributed by atoms with Crippen LogP contribution in [-0.2, 0) is 4.79 Å². The maximum absolute atomic E-state index is 13.3. The summed E-state index contributed by atoms with van der Waals surface area (Å²) in [5, 5.41) is 9.98. The Morgan fingerprint density at radius 1 is 1.29 bits per heavy atom. The summed E-state index contributed by atoms with van der Waals surface area (Å²) in [5.74, 6) is -2.81. The number of hydrogen-bond donors (Lipinski definition) is 1. The number of carbonyl (C=O) groups is 2. The molecule has 1 aromatic heterocycles. The number of carbonyl (C=O) groups excluding carboxylic acids is 2. The fourth-order valence-electron chi connectivity index (χ4n) is 1.95. The third kappa shape index (κ3) is 3.55. The number of likely N-dealkylation sites (N-methyl/N-ethyl adjacent to an activating group) is 1. The Labute approximate surface area is 137 Å². The van der Waals surface area contributed by atoms with Crippen LogP contribution in [0.2, 0.25) is 0 Å². The fourth-order valence-corrected chi connectivity index (χ4v) is 1.95. The van der Waals surface area contributed by atoms with E-state index in [1.807, 2.05) is 6.92 Å². The van der Waals surface area contributed by atoms with Gasteiger partial charge in [0, 0.05) is 19.7 Å². The van der Waals surface area contributed by atoms with Crippen molar-refractivity contribution in [2.45, 2.75) is 13.8 Å². The predicted molar refractivity (Wildman–Crippen MR) is 81.7 cm³/mol. The summed E-state index contributed by atoms with van der Waals surface area (Å²) in [6.07, 6.45) is 0. The molecule has 2 aromatic rings. The van der Waals surface area contributed by atoms with Crippen molar-refractivity contribution in [2.24, 2.45) is 0 Å². The van der Waals surface area contributed by atoms with Gasteiger partial charge in [-0.1, -0.05) is 5.21 Å². The van der Waals surface area contributed by atoms with Gasteiger partial charge in [-0.05, 0) is 26.0 Å². The third-order valence-electron chi connectivity index (χ3n) is 3.56. The van der Waals surface area contributed by atoms with Crippen molar-refractivity contribution >= 4 is 11.8 Å². The minimum absolute atomic E-state index is 0.00619. The molecule has 0 fully saturated rings. The van der Waals surface area contributed by atoms with E-state index in [-0.39, 0.29) is 23.8 Å². The zero-order valence-electron chi connectivity index (χ0n) is 13.5. The summed E-state index contributed by atoms with van der Waals surface area (Å²) in [7, 11) is 1.62. The Morgan fingerprint density at radius 3 is 2.62 bits per heavy atom. The van der Waals surface area contributed by atoms with Crippen molar-refractivity contribution in [1.29, 1.82) is 0 Å². The number of amides is 2. The number of rotatable bonds is 5. The average molecular weight is 337 g/mol. The lowest BCUT2D eigenvalue weighted by atomic mass is 10.2. The van der Waals surface area contributed by atoms with Crippen LogP contribution in [0.15, 0.2) is 18.2 Å². The summed E-state index contributed by atoms with van der Waals surface area (Å²) >= 11 is 0. The summed E-state index contributed by atoms with van der Waals surface area (Å²) in [4.78, 5) is 25.3. The van der Waals surface area contributed by atoms with Crippen molar-refractivity contribution in [3.63, 3.8) is 0 Å². The van der Waals surface area contributed by atoms with Crippen LogP contribution >= 0.6 is 0 Å². The molecule has 2 amide bonds. The van der Waals surface area contributed by atoms with Gasteiger partial charge in [-0.15, -0.1) is 5.10 Å². The molecule has 0 radical (unpaired) electrons. The van der Waals surface area contributed by atoms with E-state index < -0.39 is 17.5 Å². The van der Waals surface area contributed by atoms with E-state index in [0.29, 0.717) is 12.2 Å². The Balaban J connectivity index is 2.15.